The highest BCUT2D eigenvalue weighted by Crippen LogP contribution is 2.34. The molecule has 0 unspecified atom stereocenters. The number of pyridine rings is 2. The van der Waals surface area contributed by atoms with Crippen molar-refractivity contribution in [1.82, 2.24) is 9.97 Å². The average molecular weight is 285 g/mol. The first-order chi connectivity index (χ1) is 8.97. The largest absolute Gasteiger partial charge is 0.433 e. The van der Waals surface area contributed by atoms with Crippen LogP contribution in [0.25, 0.3) is 11.1 Å². The monoisotopic (exact) mass is 284 g/mol. The van der Waals surface area contributed by atoms with Crippen LogP contribution in [-0.4, -0.2) is 16.6 Å². The van der Waals surface area contributed by atoms with Gasteiger partial charge in [0.05, 0.1) is 6.20 Å². The third-order valence-corrected chi connectivity index (χ3v) is 2.79. The van der Waals surface area contributed by atoms with Crippen molar-refractivity contribution in [1.29, 1.82) is 0 Å². The fourth-order valence-corrected chi connectivity index (χ4v) is 1.89. The van der Waals surface area contributed by atoms with Crippen molar-refractivity contribution in [2.24, 2.45) is 0 Å². The number of alkyl halides is 2. The van der Waals surface area contributed by atoms with E-state index in [0.29, 0.717) is 5.56 Å². The van der Waals surface area contributed by atoms with Gasteiger partial charge in [-0.25, -0.2) is 4.98 Å². The Labute approximate surface area is 114 Å². The molecule has 100 valence electrons. The molecule has 0 radical (unpaired) electrons. The van der Waals surface area contributed by atoms with Crippen molar-refractivity contribution >= 4 is 11.6 Å². The van der Waals surface area contributed by atoms with E-state index < -0.39 is 6.61 Å². The Kier molecular flexibility index (Phi) is 3.95. The lowest BCUT2D eigenvalue weighted by atomic mass is 10.0. The molecule has 0 aliphatic heterocycles. The summed E-state index contributed by atoms with van der Waals surface area (Å²) in [5, 5.41) is 0.213. The maximum Gasteiger partial charge on any atom is 0.387 e. The van der Waals surface area contributed by atoms with Gasteiger partial charge in [0.25, 0.3) is 0 Å². The van der Waals surface area contributed by atoms with Gasteiger partial charge in [-0.2, -0.15) is 8.78 Å². The smallest absolute Gasteiger partial charge is 0.387 e. The molecule has 2 aromatic heterocycles. The summed E-state index contributed by atoms with van der Waals surface area (Å²) in [6, 6.07) is 3.29. The Morgan fingerprint density at radius 3 is 2.53 bits per heavy atom. The van der Waals surface area contributed by atoms with Gasteiger partial charge < -0.3 is 4.74 Å². The zero-order valence-electron chi connectivity index (χ0n) is 10.3. The highest BCUT2D eigenvalue weighted by atomic mass is 35.5. The molecule has 0 aliphatic carbocycles. The summed E-state index contributed by atoms with van der Waals surface area (Å²) in [6.45, 7) is 0.742. The van der Waals surface area contributed by atoms with Gasteiger partial charge in [-0.05, 0) is 37.1 Å². The third-order valence-electron chi connectivity index (χ3n) is 2.58. The van der Waals surface area contributed by atoms with Crippen LogP contribution in [0.4, 0.5) is 8.78 Å². The molecule has 0 N–H and O–H groups in total. The highest BCUT2D eigenvalue weighted by Gasteiger charge is 2.14. The number of hydrogen-bond donors (Lipinski definition) is 0. The van der Waals surface area contributed by atoms with E-state index in [-0.39, 0.29) is 10.9 Å². The molecule has 0 bridgehead atoms. The topological polar surface area (TPSA) is 35.0 Å². The van der Waals surface area contributed by atoms with Crippen molar-refractivity contribution in [2.75, 3.05) is 0 Å². The summed E-state index contributed by atoms with van der Waals surface area (Å²) in [4.78, 5) is 7.90. The molecule has 0 saturated carbocycles. The van der Waals surface area contributed by atoms with Crippen molar-refractivity contribution in [3.05, 3.63) is 40.9 Å². The molecule has 0 amide bonds. The fourth-order valence-electron chi connectivity index (χ4n) is 1.74. The Balaban J connectivity index is 2.59. The van der Waals surface area contributed by atoms with E-state index in [1.54, 1.807) is 12.3 Å². The number of hydrogen-bond acceptors (Lipinski definition) is 3. The van der Waals surface area contributed by atoms with Crippen molar-refractivity contribution in [2.45, 2.75) is 20.5 Å². The normalized spacial score (nSPS) is 10.8. The molecule has 2 rings (SSSR count). The van der Waals surface area contributed by atoms with Crippen molar-refractivity contribution in [3.63, 3.8) is 0 Å². The number of halogens is 3. The van der Waals surface area contributed by atoms with E-state index in [1.165, 1.54) is 12.3 Å². The van der Waals surface area contributed by atoms with Gasteiger partial charge in [-0.3, -0.25) is 4.98 Å². The summed E-state index contributed by atoms with van der Waals surface area (Å²) in [5.74, 6) is -0.00639. The van der Waals surface area contributed by atoms with Crippen LogP contribution >= 0.6 is 11.6 Å². The van der Waals surface area contributed by atoms with E-state index >= 15 is 0 Å². The molecule has 19 heavy (non-hydrogen) atoms. The van der Waals surface area contributed by atoms with Gasteiger partial charge in [0.2, 0.25) is 0 Å². The number of aromatic nitrogens is 2. The van der Waals surface area contributed by atoms with Crippen LogP contribution in [0.2, 0.25) is 5.15 Å². The number of ether oxygens (including phenoxy) is 1. The Bertz CT molecular complexity index is 605. The molecule has 3 nitrogen and oxygen atoms in total. The van der Waals surface area contributed by atoms with Crippen LogP contribution in [0.3, 0.4) is 0 Å². The summed E-state index contributed by atoms with van der Waals surface area (Å²) < 4.78 is 29.3. The maximum absolute atomic E-state index is 12.4. The van der Waals surface area contributed by atoms with E-state index in [4.69, 9.17) is 11.6 Å². The highest BCUT2D eigenvalue weighted by molar-refractivity contribution is 6.29. The van der Waals surface area contributed by atoms with Gasteiger partial charge in [0, 0.05) is 17.5 Å². The lowest BCUT2D eigenvalue weighted by molar-refractivity contribution is -0.0496. The second kappa shape index (κ2) is 5.48. The van der Waals surface area contributed by atoms with Crippen LogP contribution in [0.1, 0.15) is 11.3 Å². The van der Waals surface area contributed by atoms with Gasteiger partial charge >= 0.3 is 6.61 Å². The molecule has 6 heteroatoms. The summed E-state index contributed by atoms with van der Waals surface area (Å²) in [6.07, 6.45) is 2.87. The molecule has 0 aliphatic rings. The second-order valence-corrected chi connectivity index (χ2v) is 4.41. The predicted molar refractivity (Wildman–Crippen MR) is 68.6 cm³/mol. The maximum atomic E-state index is 12.4. The van der Waals surface area contributed by atoms with Crippen LogP contribution in [0, 0.1) is 13.8 Å². The van der Waals surface area contributed by atoms with Gasteiger partial charge in [0.1, 0.15) is 5.15 Å². The first kappa shape index (κ1) is 13.7. The van der Waals surface area contributed by atoms with Crippen LogP contribution in [0.5, 0.6) is 5.75 Å². The van der Waals surface area contributed by atoms with Gasteiger partial charge in [-0.1, -0.05) is 11.6 Å². The van der Waals surface area contributed by atoms with Gasteiger partial charge in [-0.15, -0.1) is 0 Å². The zero-order chi connectivity index (χ0) is 14.0. The van der Waals surface area contributed by atoms with Crippen LogP contribution < -0.4 is 4.74 Å². The molecule has 0 fully saturated rings. The first-order valence-electron chi connectivity index (χ1n) is 5.51. The number of rotatable bonds is 3. The fraction of sp³-hybridized carbons (Fsp3) is 0.231. The Hall–Kier alpha value is -1.75. The summed E-state index contributed by atoms with van der Waals surface area (Å²) in [7, 11) is 0. The molecular formula is C13H11ClF2N2O. The standard InChI is InChI=1S/C13H11ClF2N2O/c1-7-5-17-8(2)3-9(7)10-4-12(14)18-6-11(10)19-13(15)16/h3-6,13H,1-2H3. The van der Waals surface area contributed by atoms with E-state index in [9.17, 15) is 8.78 Å². The lowest BCUT2D eigenvalue weighted by Gasteiger charge is -2.13. The quantitative estimate of drug-likeness (QED) is 0.799. The molecule has 0 atom stereocenters. The molecule has 2 aromatic rings. The average Bonchev–Trinajstić information content (AvgIpc) is 2.34. The van der Waals surface area contributed by atoms with Crippen LogP contribution in [-0.2, 0) is 0 Å². The number of nitrogens with zero attached hydrogens (tertiary/aromatic N) is 2. The second-order valence-electron chi connectivity index (χ2n) is 4.02. The molecule has 2 heterocycles. The molecule has 0 aromatic carbocycles. The Morgan fingerprint density at radius 2 is 1.84 bits per heavy atom. The number of aryl methyl sites for hydroxylation is 2. The zero-order valence-corrected chi connectivity index (χ0v) is 11.1. The summed E-state index contributed by atoms with van der Waals surface area (Å²) >= 11 is 5.83. The lowest BCUT2D eigenvalue weighted by Crippen LogP contribution is -2.04. The van der Waals surface area contributed by atoms with Gasteiger partial charge in [0.15, 0.2) is 5.75 Å². The van der Waals surface area contributed by atoms with E-state index in [2.05, 4.69) is 14.7 Å². The molecule has 0 saturated heterocycles. The summed E-state index contributed by atoms with van der Waals surface area (Å²) in [5.41, 5.74) is 2.83. The van der Waals surface area contributed by atoms with Crippen molar-refractivity contribution < 1.29 is 13.5 Å². The predicted octanol–water partition coefficient (Wildman–Crippen LogP) is 4.02. The minimum atomic E-state index is -2.91. The molecular weight excluding hydrogens is 274 g/mol. The van der Waals surface area contributed by atoms with E-state index in [1.807, 2.05) is 13.8 Å². The minimum Gasteiger partial charge on any atom is -0.433 e. The molecule has 0 spiro atoms. The first-order valence-corrected chi connectivity index (χ1v) is 5.89. The van der Waals surface area contributed by atoms with Crippen LogP contribution in [0.15, 0.2) is 24.5 Å². The SMILES string of the molecule is Cc1cc(-c2cc(Cl)ncc2OC(F)F)c(C)cn1. The Morgan fingerprint density at radius 1 is 1.11 bits per heavy atom. The minimum absolute atomic E-state index is 0.00639. The van der Waals surface area contributed by atoms with Crippen molar-refractivity contribution in [3.8, 4) is 16.9 Å². The van der Waals surface area contributed by atoms with E-state index in [0.717, 1.165) is 16.8 Å². The third kappa shape index (κ3) is 3.17.